The van der Waals surface area contributed by atoms with Crippen LogP contribution in [0.25, 0.3) is 0 Å². The Morgan fingerprint density at radius 3 is 2.00 bits per heavy atom. The average molecular weight is 174 g/mol. The average Bonchev–Trinajstić information content (AvgIpc) is 3.00. The smallest absolute Gasteiger partial charge is 0.0156 e. The van der Waals surface area contributed by atoms with E-state index in [1.165, 1.54) is 25.7 Å². The minimum atomic E-state index is 0.908. The molecular formula is C13H18. The van der Waals surface area contributed by atoms with Crippen molar-refractivity contribution in [3.63, 3.8) is 0 Å². The highest BCUT2D eigenvalue weighted by Crippen LogP contribution is 2.43. The van der Waals surface area contributed by atoms with Crippen LogP contribution in [0.1, 0.15) is 49.3 Å². The molecule has 0 amide bonds. The molecule has 1 saturated carbocycles. The number of hydrogen-bond donors (Lipinski definition) is 0. The summed E-state index contributed by atoms with van der Waals surface area (Å²) in [6, 6.07) is 6.81. The summed E-state index contributed by atoms with van der Waals surface area (Å²) in [6.45, 7) is 4.53. The second kappa shape index (κ2) is 3.53. The van der Waals surface area contributed by atoms with Gasteiger partial charge in [0.05, 0.1) is 0 Å². The maximum atomic E-state index is 2.30. The fourth-order valence-electron chi connectivity index (χ4n) is 2.18. The van der Waals surface area contributed by atoms with Crippen LogP contribution in [0.2, 0.25) is 0 Å². The van der Waals surface area contributed by atoms with Crippen LogP contribution in [-0.2, 0) is 12.8 Å². The van der Waals surface area contributed by atoms with Crippen molar-refractivity contribution >= 4 is 0 Å². The quantitative estimate of drug-likeness (QED) is 0.655. The number of benzene rings is 1. The minimum absolute atomic E-state index is 0.908. The lowest BCUT2D eigenvalue weighted by Gasteiger charge is -2.11. The predicted molar refractivity (Wildman–Crippen MR) is 57.2 cm³/mol. The van der Waals surface area contributed by atoms with Crippen molar-refractivity contribution in [3.8, 4) is 0 Å². The first-order valence-corrected chi connectivity index (χ1v) is 5.47. The van der Waals surface area contributed by atoms with Gasteiger partial charge in [-0.05, 0) is 48.3 Å². The largest absolute Gasteiger partial charge is 0.0617 e. The van der Waals surface area contributed by atoms with Gasteiger partial charge in [0.25, 0.3) is 0 Å². The van der Waals surface area contributed by atoms with Gasteiger partial charge >= 0.3 is 0 Å². The van der Waals surface area contributed by atoms with Gasteiger partial charge in [-0.3, -0.25) is 0 Å². The van der Waals surface area contributed by atoms with E-state index < -0.39 is 0 Å². The summed E-state index contributed by atoms with van der Waals surface area (Å²) < 4.78 is 0. The van der Waals surface area contributed by atoms with Crippen LogP contribution in [0.3, 0.4) is 0 Å². The molecule has 13 heavy (non-hydrogen) atoms. The summed E-state index contributed by atoms with van der Waals surface area (Å²) in [6.07, 6.45) is 5.23. The van der Waals surface area contributed by atoms with Crippen molar-refractivity contribution in [1.82, 2.24) is 0 Å². The summed E-state index contributed by atoms with van der Waals surface area (Å²) in [5.74, 6) is 0.908. The predicted octanol–water partition coefficient (Wildman–Crippen LogP) is 3.69. The number of hydrogen-bond acceptors (Lipinski definition) is 0. The fourth-order valence-corrected chi connectivity index (χ4v) is 2.18. The van der Waals surface area contributed by atoms with Gasteiger partial charge in [-0.15, -0.1) is 0 Å². The van der Waals surface area contributed by atoms with Gasteiger partial charge in [-0.25, -0.2) is 0 Å². The Bertz CT molecular complexity index is 273. The molecule has 0 nitrogen and oxygen atoms in total. The van der Waals surface area contributed by atoms with Crippen LogP contribution < -0.4 is 0 Å². The third kappa shape index (κ3) is 1.63. The van der Waals surface area contributed by atoms with Crippen LogP contribution in [0, 0.1) is 0 Å². The zero-order chi connectivity index (χ0) is 9.26. The van der Waals surface area contributed by atoms with Gasteiger partial charge in [0.15, 0.2) is 0 Å². The Hall–Kier alpha value is -0.780. The summed E-state index contributed by atoms with van der Waals surface area (Å²) in [5.41, 5.74) is 4.86. The van der Waals surface area contributed by atoms with E-state index in [1.807, 2.05) is 0 Å². The highest BCUT2D eigenvalue weighted by Gasteiger charge is 2.27. The summed E-state index contributed by atoms with van der Waals surface area (Å²) in [4.78, 5) is 0. The first-order chi connectivity index (χ1) is 6.36. The van der Waals surface area contributed by atoms with Crippen molar-refractivity contribution in [1.29, 1.82) is 0 Å². The van der Waals surface area contributed by atoms with Gasteiger partial charge in [0, 0.05) is 0 Å². The normalized spacial score (nSPS) is 16.2. The summed E-state index contributed by atoms with van der Waals surface area (Å²) >= 11 is 0. The zero-order valence-electron chi connectivity index (χ0n) is 8.64. The SMILES string of the molecule is CCc1cccc(CC)c1C1CC1. The second-order valence-corrected chi connectivity index (χ2v) is 3.97. The molecule has 0 spiro atoms. The van der Waals surface area contributed by atoms with Crippen LogP contribution >= 0.6 is 0 Å². The van der Waals surface area contributed by atoms with Crippen LogP contribution in [0.4, 0.5) is 0 Å². The molecule has 1 fully saturated rings. The molecule has 0 heterocycles. The van der Waals surface area contributed by atoms with E-state index in [0.29, 0.717) is 0 Å². The van der Waals surface area contributed by atoms with E-state index >= 15 is 0 Å². The third-order valence-corrected chi connectivity index (χ3v) is 3.03. The van der Waals surface area contributed by atoms with Gasteiger partial charge < -0.3 is 0 Å². The Morgan fingerprint density at radius 2 is 1.62 bits per heavy atom. The molecule has 0 bridgehead atoms. The molecule has 0 aromatic heterocycles. The van der Waals surface area contributed by atoms with Crippen molar-refractivity contribution in [2.45, 2.75) is 45.4 Å². The molecule has 0 aliphatic heterocycles. The Balaban J connectivity index is 2.44. The molecule has 0 heteroatoms. The minimum Gasteiger partial charge on any atom is -0.0617 e. The number of rotatable bonds is 3. The molecule has 70 valence electrons. The van der Waals surface area contributed by atoms with Crippen LogP contribution in [0.5, 0.6) is 0 Å². The van der Waals surface area contributed by atoms with E-state index in [-0.39, 0.29) is 0 Å². The van der Waals surface area contributed by atoms with Crippen LogP contribution in [-0.4, -0.2) is 0 Å². The topological polar surface area (TPSA) is 0 Å². The standard InChI is InChI=1S/C13H18/c1-3-10-6-5-7-11(4-2)13(10)12-8-9-12/h5-7,12H,3-4,8-9H2,1-2H3. The monoisotopic (exact) mass is 174 g/mol. The van der Waals surface area contributed by atoms with E-state index in [4.69, 9.17) is 0 Å². The maximum absolute atomic E-state index is 2.30. The zero-order valence-corrected chi connectivity index (χ0v) is 8.64. The molecular weight excluding hydrogens is 156 g/mol. The Labute approximate surface area is 81.0 Å². The van der Waals surface area contributed by atoms with E-state index in [1.54, 1.807) is 16.7 Å². The van der Waals surface area contributed by atoms with Crippen molar-refractivity contribution < 1.29 is 0 Å². The molecule has 0 radical (unpaired) electrons. The fraction of sp³-hybridized carbons (Fsp3) is 0.538. The van der Waals surface area contributed by atoms with Gasteiger partial charge in [0.2, 0.25) is 0 Å². The van der Waals surface area contributed by atoms with Crippen molar-refractivity contribution in [3.05, 3.63) is 34.9 Å². The molecule has 1 aromatic rings. The maximum Gasteiger partial charge on any atom is -0.0156 e. The van der Waals surface area contributed by atoms with E-state index in [0.717, 1.165) is 5.92 Å². The molecule has 0 saturated heterocycles. The van der Waals surface area contributed by atoms with Crippen molar-refractivity contribution in [2.24, 2.45) is 0 Å². The highest BCUT2D eigenvalue weighted by atomic mass is 14.3. The summed E-state index contributed by atoms with van der Waals surface area (Å²) in [5, 5.41) is 0. The lowest BCUT2D eigenvalue weighted by Crippen LogP contribution is -1.96. The molecule has 1 aliphatic rings. The lowest BCUT2D eigenvalue weighted by molar-refractivity contribution is 0.973. The molecule has 2 rings (SSSR count). The Kier molecular flexibility index (Phi) is 2.39. The molecule has 1 aromatic carbocycles. The van der Waals surface area contributed by atoms with Crippen molar-refractivity contribution in [2.75, 3.05) is 0 Å². The third-order valence-electron chi connectivity index (χ3n) is 3.03. The summed E-state index contributed by atoms with van der Waals surface area (Å²) in [7, 11) is 0. The molecule has 0 N–H and O–H groups in total. The van der Waals surface area contributed by atoms with Gasteiger partial charge in [-0.1, -0.05) is 32.0 Å². The van der Waals surface area contributed by atoms with Crippen LogP contribution in [0.15, 0.2) is 18.2 Å². The first-order valence-electron chi connectivity index (χ1n) is 5.47. The molecule has 0 atom stereocenters. The highest BCUT2D eigenvalue weighted by molar-refractivity contribution is 5.40. The van der Waals surface area contributed by atoms with E-state index in [9.17, 15) is 0 Å². The van der Waals surface area contributed by atoms with Gasteiger partial charge in [0.1, 0.15) is 0 Å². The molecule has 0 unspecified atom stereocenters. The number of aryl methyl sites for hydroxylation is 2. The molecule has 1 aliphatic carbocycles. The lowest BCUT2D eigenvalue weighted by atomic mass is 9.94. The first kappa shape index (κ1) is 8.80. The second-order valence-electron chi connectivity index (χ2n) is 3.97. The van der Waals surface area contributed by atoms with Gasteiger partial charge in [-0.2, -0.15) is 0 Å². The Morgan fingerprint density at radius 1 is 1.08 bits per heavy atom. The van der Waals surface area contributed by atoms with E-state index in [2.05, 4.69) is 32.0 Å².